The first-order valence-corrected chi connectivity index (χ1v) is 10.6. The number of hydrogen-bond donors (Lipinski definition) is 1. The molecule has 4 rings (SSSR count). The van der Waals surface area contributed by atoms with Crippen molar-refractivity contribution in [2.45, 2.75) is 10.1 Å². The minimum absolute atomic E-state index is 0.0315. The molecule has 1 N–H and O–H groups in total. The van der Waals surface area contributed by atoms with Crippen LogP contribution in [0, 0.1) is 5.82 Å². The first-order valence-electron chi connectivity index (χ1n) is 9.15. The highest BCUT2D eigenvalue weighted by Gasteiger charge is 2.22. The number of halogens is 1. The lowest BCUT2D eigenvalue weighted by Gasteiger charge is -2.09. The summed E-state index contributed by atoms with van der Waals surface area (Å²) in [6.07, 6.45) is 4.55. The van der Waals surface area contributed by atoms with Gasteiger partial charge in [0.2, 0.25) is 20.9 Å². The Morgan fingerprint density at radius 3 is 2.45 bits per heavy atom. The average Bonchev–Trinajstić information content (AvgIpc) is 3.21. The largest absolute Gasteiger partial charge is 0.494 e. The van der Waals surface area contributed by atoms with E-state index in [1.54, 1.807) is 43.7 Å². The van der Waals surface area contributed by atoms with E-state index in [1.165, 1.54) is 42.1 Å². The maximum atomic E-state index is 14.0. The van der Waals surface area contributed by atoms with Gasteiger partial charge in [-0.3, -0.25) is 0 Å². The maximum Gasteiger partial charge on any atom is 0.240 e. The summed E-state index contributed by atoms with van der Waals surface area (Å²) in [5.41, 5.74) is 1.69. The highest BCUT2D eigenvalue weighted by Crippen LogP contribution is 2.26. The lowest BCUT2D eigenvalue weighted by atomic mass is 10.1. The topological polar surface area (TPSA) is 99.0 Å². The van der Waals surface area contributed by atoms with Crippen LogP contribution in [0.4, 0.5) is 16.0 Å². The molecule has 0 saturated heterocycles. The number of nitrogens with one attached hydrogen (secondary N) is 1. The number of aromatic nitrogens is 4. The van der Waals surface area contributed by atoms with Gasteiger partial charge in [0.1, 0.15) is 0 Å². The Hall–Kier alpha value is -3.79. The zero-order valence-corrected chi connectivity index (χ0v) is 17.5. The summed E-state index contributed by atoms with van der Waals surface area (Å²) >= 11 is 0. The number of imidazole rings is 1. The molecular formula is C21H18FN5O3S. The number of methoxy groups -OCH3 is 1. The van der Waals surface area contributed by atoms with E-state index in [-0.39, 0.29) is 21.7 Å². The summed E-state index contributed by atoms with van der Waals surface area (Å²) in [6, 6.07) is 12.4. The van der Waals surface area contributed by atoms with Crippen molar-refractivity contribution in [1.82, 2.24) is 19.5 Å². The van der Waals surface area contributed by atoms with Gasteiger partial charge < -0.3 is 14.6 Å². The Labute approximate surface area is 178 Å². The van der Waals surface area contributed by atoms with Crippen molar-refractivity contribution in [3.8, 4) is 17.0 Å². The van der Waals surface area contributed by atoms with E-state index in [2.05, 4.69) is 20.3 Å². The predicted octanol–water partition coefficient (Wildman–Crippen LogP) is 3.60. The Morgan fingerprint density at radius 2 is 1.81 bits per heavy atom. The van der Waals surface area contributed by atoms with Crippen LogP contribution in [0.1, 0.15) is 0 Å². The molecule has 0 aliphatic heterocycles. The number of anilines is 2. The van der Waals surface area contributed by atoms with Gasteiger partial charge in [0.05, 0.1) is 17.7 Å². The van der Waals surface area contributed by atoms with Crippen LogP contribution in [0.25, 0.3) is 11.3 Å². The minimum Gasteiger partial charge on any atom is -0.494 e. The number of ether oxygens (including phenoxy) is 1. The molecule has 10 heteroatoms. The van der Waals surface area contributed by atoms with Crippen LogP contribution >= 0.6 is 0 Å². The quantitative estimate of drug-likeness (QED) is 0.490. The van der Waals surface area contributed by atoms with Crippen molar-refractivity contribution in [2.75, 3.05) is 12.4 Å². The molecule has 2 heterocycles. The van der Waals surface area contributed by atoms with E-state index in [0.29, 0.717) is 16.9 Å². The summed E-state index contributed by atoms with van der Waals surface area (Å²) < 4.78 is 45.8. The Bertz CT molecular complexity index is 1340. The van der Waals surface area contributed by atoms with E-state index < -0.39 is 15.7 Å². The molecule has 0 aliphatic rings. The van der Waals surface area contributed by atoms with Gasteiger partial charge in [-0.1, -0.05) is 0 Å². The molecule has 0 aliphatic carbocycles. The number of nitrogens with zero attached hydrogens (tertiary/aromatic N) is 4. The van der Waals surface area contributed by atoms with Crippen LogP contribution in [0.5, 0.6) is 5.75 Å². The lowest BCUT2D eigenvalue weighted by molar-refractivity contribution is 0.386. The molecule has 2 aromatic carbocycles. The Morgan fingerprint density at radius 1 is 1.03 bits per heavy atom. The van der Waals surface area contributed by atoms with Gasteiger partial charge in [0, 0.05) is 36.9 Å². The van der Waals surface area contributed by atoms with Crippen molar-refractivity contribution < 1.29 is 17.5 Å². The molecule has 0 radical (unpaired) electrons. The molecule has 0 bridgehead atoms. The summed E-state index contributed by atoms with van der Waals surface area (Å²) in [7, 11) is -0.701. The average molecular weight is 439 g/mol. The summed E-state index contributed by atoms with van der Waals surface area (Å²) in [6.45, 7) is 0. The van der Waals surface area contributed by atoms with Crippen LogP contribution in [0.15, 0.2) is 77.2 Å². The molecule has 0 fully saturated rings. The minimum atomic E-state index is -3.72. The second-order valence-corrected chi connectivity index (χ2v) is 8.43. The molecule has 158 valence electrons. The number of benzene rings is 2. The molecule has 0 atom stereocenters. The van der Waals surface area contributed by atoms with Crippen LogP contribution < -0.4 is 10.1 Å². The van der Waals surface area contributed by atoms with E-state index >= 15 is 0 Å². The Kier molecular flexibility index (Phi) is 5.38. The second kappa shape index (κ2) is 8.15. The molecule has 0 saturated carbocycles. The molecule has 0 amide bonds. The van der Waals surface area contributed by atoms with Crippen molar-refractivity contribution in [1.29, 1.82) is 0 Å². The summed E-state index contributed by atoms with van der Waals surface area (Å²) in [5.74, 6) is -0.0530. The van der Waals surface area contributed by atoms with Gasteiger partial charge in [0.15, 0.2) is 11.6 Å². The van der Waals surface area contributed by atoms with Gasteiger partial charge in [0.25, 0.3) is 0 Å². The van der Waals surface area contributed by atoms with Crippen LogP contribution in [0.3, 0.4) is 0 Å². The third kappa shape index (κ3) is 4.10. The van der Waals surface area contributed by atoms with E-state index in [0.717, 1.165) is 0 Å². The molecule has 0 unspecified atom stereocenters. The van der Waals surface area contributed by atoms with Gasteiger partial charge >= 0.3 is 0 Å². The van der Waals surface area contributed by atoms with Crippen molar-refractivity contribution in [2.24, 2.45) is 7.05 Å². The van der Waals surface area contributed by atoms with E-state index in [1.807, 2.05) is 0 Å². The van der Waals surface area contributed by atoms with Crippen molar-refractivity contribution in [3.63, 3.8) is 0 Å². The summed E-state index contributed by atoms with van der Waals surface area (Å²) in [4.78, 5) is 12.6. The van der Waals surface area contributed by atoms with Gasteiger partial charge in [-0.15, -0.1) is 0 Å². The fourth-order valence-corrected chi connectivity index (χ4v) is 4.31. The smallest absolute Gasteiger partial charge is 0.240 e. The van der Waals surface area contributed by atoms with Crippen molar-refractivity contribution in [3.05, 3.63) is 72.9 Å². The lowest BCUT2D eigenvalue weighted by Crippen LogP contribution is -2.08. The predicted molar refractivity (Wildman–Crippen MR) is 112 cm³/mol. The zero-order valence-electron chi connectivity index (χ0n) is 16.7. The van der Waals surface area contributed by atoms with Gasteiger partial charge in [-0.2, -0.15) is 0 Å². The van der Waals surface area contributed by atoms with Crippen LogP contribution in [0.2, 0.25) is 0 Å². The normalized spacial score (nSPS) is 11.3. The van der Waals surface area contributed by atoms with E-state index in [9.17, 15) is 12.8 Å². The Balaban J connectivity index is 1.56. The molecular weight excluding hydrogens is 421 g/mol. The maximum absolute atomic E-state index is 14.0. The fourth-order valence-electron chi connectivity index (χ4n) is 2.97. The molecule has 8 nitrogen and oxygen atoms in total. The molecule has 2 aromatic heterocycles. The van der Waals surface area contributed by atoms with Crippen LogP contribution in [-0.4, -0.2) is 35.0 Å². The first kappa shape index (κ1) is 20.5. The van der Waals surface area contributed by atoms with Gasteiger partial charge in [-0.25, -0.2) is 27.8 Å². The molecule has 4 aromatic rings. The monoisotopic (exact) mass is 439 g/mol. The highest BCUT2D eigenvalue weighted by molar-refractivity contribution is 7.91. The SMILES string of the molecule is COc1ccc(-c2ccnc(Nc3ccc(S(=O)(=O)c4nccn4C)cc3)n2)cc1F. The summed E-state index contributed by atoms with van der Waals surface area (Å²) in [5, 5.41) is 2.99. The van der Waals surface area contributed by atoms with E-state index in [4.69, 9.17) is 4.74 Å². The fraction of sp³-hybridized carbons (Fsp3) is 0.0952. The molecule has 31 heavy (non-hydrogen) atoms. The van der Waals surface area contributed by atoms with Crippen LogP contribution in [-0.2, 0) is 16.9 Å². The number of rotatable bonds is 6. The zero-order chi connectivity index (χ0) is 22.0. The number of aryl methyl sites for hydroxylation is 1. The number of sulfone groups is 1. The third-order valence-corrected chi connectivity index (χ3v) is 6.31. The van der Waals surface area contributed by atoms with Crippen molar-refractivity contribution >= 4 is 21.5 Å². The molecule has 0 spiro atoms. The van der Waals surface area contributed by atoms with Gasteiger partial charge in [-0.05, 0) is 48.5 Å². The highest BCUT2D eigenvalue weighted by atomic mass is 32.2. The first-order chi connectivity index (χ1) is 14.9. The second-order valence-electron chi connectivity index (χ2n) is 6.59. The number of hydrogen-bond acceptors (Lipinski definition) is 7. The standard InChI is InChI=1S/C21H18FN5O3S/c1-27-12-11-24-21(27)31(28,29)16-6-4-15(5-7-16)25-20-23-10-9-18(26-20)14-3-8-19(30-2)17(22)13-14/h3-13H,1-2H3,(H,23,25,26). The third-order valence-electron chi connectivity index (χ3n) is 4.54.